The van der Waals surface area contributed by atoms with Crippen LogP contribution in [0.25, 0.3) is 0 Å². The number of aliphatic carboxylic acids is 1. The molecular formula is C15H20N2O3. The second-order valence-corrected chi connectivity index (χ2v) is 5.61. The van der Waals surface area contributed by atoms with Gasteiger partial charge in [-0.3, -0.25) is 14.6 Å². The number of nitrogens with one attached hydrogen (secondary N) is 1. The molecule has 4 atom stereocenters. The number of carbonyl (C=O) groups is 2. The zero-order chi connectivity index (χ0) is 14.7. The van der Waals surface area contributed by atoms with Gasteiger partial charge in [0.15, 0.2) is 0 Å². The number of nitrogens with zero attached hydrogens (tertiary/aromatic N) is 1. The molecule has 20 heavy (non-hydrogen) atoms. The Morgan fingerprint density at radius 2 is 2.05 bits per heavy atom. The van der Waals surface area contributed by atoms with E-state index in [1.54, 1.807) is 6.20 Å². The van der Waals surface area contributed by atoms with Crippen LogP contribution in [0.2, 0.25) is 0 Å². The van der Waals surface area contributed by atoms with Crippen molar-refractivity contribution in [3.63, 3.8) is 0 Å². The van der Waals surface area contributed by atoms with Gasteiger partial charge < -0.3 is 10.4 Å². The number of rotatable bonds is 4. The zero-order valence-electron chi connectivity index (χ0n) is 11.7. The number of hydrogen-bond donors (Lipinski definition) is 2. The predicted molar refractivity (Wildman–Crippen MR) is 73.8 cm³/mol. The molecule has 2 N–H and O–H groups in total. The molecule has 0 bridgehead atoms. The van der Waals surface area contributed by atoms with Gasteiger partial charge in [0.2, 0.25) is 5.91 Å². The van der Waals surface area contributed by atoms with Crippen LogP contribution >= 0.6 is 0 Å². The third kappa shape index (κ3) is 3.15. The summed E-state index contributed by atoms with van der Waals surface area (Å²) in [6.45, 7) is 3.85. The smallest absolute Gasteiger partial charge is 0.307 e. The number of aromatic nitrogens is 1. The highest BCUT2D eigenvalue weighted by atomic mass is 16.4. The van der Waals surface area contributed by atoms with Crippen LogP contribution in [-0.2, 0) is 9.59 Å². The Morgan fingerprint density at radius 1 is 1.35 bits per heavy atom. The highest BCUT2D eigenvalue weighted by Crippen LogP contribution is 2.36. The maximum absolute atomic E-state index is 12.3. The summed E-state index contributed by atoms with van der Waals surface area (Å²) in [6.07, 6.45) is 2.89. The summed E-state index contributed by atoms with van der Waals surface area (Å²) in [5, 5.41) is 12.1. The third-order valence-electron chi connectivity index (χ3n) is 3.94. The highest BCUT2D eigenvalue weighted by Gasteiger charge is 2.41. The zero-order valence-corrected chi connectivity index (χ0v) is 11.7. The second-order valence-electron chi connectivity index (χ2n) is 5.61. The van der Waals surface area contributed by atoms with E-state index in [4.69, 9.17) is 0 Å². The van der Waals surface area contributed by atoms with Gasteiger partial charge >= 0.3 is 5.97 Å². The SMILES string of the molecule is CC1CC(C(=O)O)C(C(=O)N[C@H](C)c2ccccn2)C1. The maximum Gasteiger partial charge on any atom is 0.307 e. The van der Waals surface area contributed by atoms with Crippen LogP contribution in [-0.4, -0.2) is 22.0 Å². The van der Waals surface area contributed by atoms with Crippen LogP contribution in [0.4, 0.5) is 0 Å². The Morgan fingerprint density at radius 3 is 2.65 bits per heavy atom. The van der Waals surface area contributed by atoms with Crippen molar-refractivity contribution in [2.45, 2.75) is 32.7 Å². The minimum Gasteiger partial charge on any atom is -0.481 e. The van der Waals surface area contributed by atoms with Crippen LogP contribution in [0, 0.1) is 17.8 Å². The first-order valence-electron chi connectivity index (χ1n) is 6.93. The van der Waals surface area contributed by atoms with E-state index in [0.29, 0.717) is 12.8 Å². The van der Waals surface area contributed by atoms with Crippen molar-refractivity contribution < 1.29 is 14.7 Å². The van der Waals surface area contributed by atoms with Crippen molar-refractivity contribution in [3.8, 4) is 0 Å². The molecule has 1 aliphatic carbocycles. The van der Waals surface area contributed by atoms with Gasteiger partial charge in [-0.15, -0.1) is 0 Å². The Labute approximate surface area is 118 Å². The van der Waals surface area contributed by atoms with Crippen molar-refractivity contribution in [2.75, 3.05) is 0 Å². The van der Waals surface area contributed by atoms with Gasteiger partial charge in [-0.1, -0.05) is 13.0 Å². The normalized spacial score (nSPS) is 27.0. The molecule has 1 fully saturated rings. The highest BCUT2D eigenvalue weighted by molar-refractivity contribution is 5.85. The number of amides is 1. The Balaban J connectivity index is 2.02. The number of pyridine rings is 1. The lowest BCUT2D eigenvalue weighted by Crippen LogP contribution is -2.36. The Kier molecular flexibility index (Phi) is 4.37. The molecule has 0 spiro atoms. The average Bonchev–Trinajstić information content (AvgIpc) is 2.82. The molecule has 5 nitrogen and oxygen atoms in total. The molecule has 3 unspecified atom stereocenters. The standard InChI is InChI=1S/C15H20N2O3/c1-9-7-11(12(8-9)15(19)20)14(18)17-10(2)13-5-3-4-6-16-13/h3-6,9-12H,7-8H2,1-2H3,(H,17,18)(H,19,20)/t9?,10-,11?,12?/m1/s1. The van der Waals surface area contributed by atoms with Crippen LogP contribution in [0.3, 0.4) is 0 Å². The lowest BCUT2D eigenvalue weighted by molar-refractivity contribution is -0.146. The summed E-state index contributed by atoms with van der Waals surface area (Å²) in [5.74, 6) is -1.79. The van der Waals surface area contributed by atoms with Crippen LogP contribution < -0.4 is 5.32 Å². The molecule has 108 valence electrons. The van der Waals surface area contributed by atoms with E-state index >= 15 is 0 Å². The van der Waals surface area contributed by atoms with Gasteiger partial charge in [0, 0.05) is 6.20 Å². The van der Waals surface area contributed by atoms with E-state index in [2.05, 4.69) is 10.3 Å². The fraction of sp³-hybridized carbons (Fsp3) is 0.533. The monoisotopic (exact) mass is 276 g/mol. The van der Waals surface area contributed by atoms with Crippen molar-refractivity contribution >= 4 is 11.9 Å². The van der Waals surface area contributed by atoms with Crippen LogP contribution in [0.5, 0.6) is 0 Å². The molecule has 0 aliphatic heterocycles. The lowest BCUT2D eigenvalue weighted by Gasteiger charge is -2.19. The molecule has 0 radical (unpaired) electrons. The molecular weight excluding hydrogens is 256 g/mol. The average molecular weight is 276 g/mol. The Bertz CT molecular complexity index is 489. The molecule has 1 aliphatic rings. The maximum atomic E-state index is 12.3. The molecule has 0 saturated heterocycles. The predicted octanol–water partition coefficient (Wildman–Crippen LogP) is 2.01. The third-order valence-corrected chi connectivity index (χ3v) is 3.94. The van der Waals surface area contributed by atoms with Crippen LogP contribution in [0.1, 0.15) is 38.4 Å². The molecule has 5 heteroatoms. The van der Waals surface area contributed by atoms with Gasteiger partial charge in [0.1, 0.15) is 0 Å². The van der Waals surface area contributed by atoms with E-state index in [9.17, 15) is 14.7 Å². The lowest BCUT2D eigenvalue weighted by atomic mass is 9.95. The van der Waals surface area contributed by atoms with Gasteiger partial charge in [-0.05, 0) is 37.8 Å². The molecule has 1 heterocycles. The van der Waals surface area contributed by atoms with Gasteiger partial charge in [0.05, 0.1) is 23.6 Å². The van der Waals surface area contributed by atoms with Crippen molar-refractivity contribution in [1.82, 2.24) is 10.3 Å². The summed E-state index contributed by atoms with van der Waals surface area (Å²) in [6, 6.07) is 5.31. The van der Waals surface area contributed by atoms with Crippen molar-refractivity contribution in [3.05, 3.63) is 30.1 Å². The molecule has 1 aromatic heterocycles. The van der Waals surface area contributed by atoms with Crippen molar-refractivity contribution in [2.24, 2.45) is 17.8 Å². The van der Waals surface area contributed by atoms with E-state index < -0.39 is 17.8 Å². The molecule has 2 rings (SSSR count). The summed E-state index contributed by atoms with van der Waals surface area (Å²) < 4.78 is 0. The number of hydrogen-bond acceptors (Lipinski definition) is 3. The fourth-order valence-corrected chi connectivity index (χ4v) is 2.88. The summed E-state index contributed by atoms with van der Waals surface area (Å²) in [7, 11) is 0. The molecule has 0 aromatic carbocycles. The van der Waals surface area contributed by atoms with Crippen molar-refractivity contribution in [1.29, 1.82) is 0 Å². The van der Waals surface area contributed by atoms with Gasteiger partial charge in [0.25, 0.3) is 0 Å². The van der Waals surface area contributed by atoms with Gasteiger partial charge in [-0.25, -0.2) is 0 Å². The Hall–Kier alpha value is -1.91. The van der Waals surface area contributed by atoms with E-state index in [-0.39, 0.29) is 17.9 Å². The fourth-order valence-electron chi connectivity index (χ4n) is 2.88. The first-order valence-corrected chi connectivity index (χ1v) is 6.93. The first-order chi connectivity index (χ1) is 9.49. The largest absolute Gasteiger partial charge is 0.481 e. The molecule has 1 aromatic rings. The molecule has 1 amide bonds. The van der Waals surface area contributed by atoms with E-state index in [0.717, 1.165) is 5.69 Å². The number of carboxylic acids is 1. The summed E-state index contributed by atoms with van der Waals surface area (Å²) in [5.41, 5.74) is 0.777. The number of carboxylic acid groups (broad SMARTS) is 1. The second kappa shape index (κ2) is 6.03. The van der Waals surface area contributed by atoms with E-state index in [1.165, 1.54) is 0 Å². The van der Waals surface area contributed by atoms with Crippen LogP contribution in [0.15, 0.2) is 24.4 Å². The minimum atomic E-state index is -0.875. The quantitative estimate of drug-likeness (QED) is 0.881. The first kappa shape index (κ1) is 14.5. The number of carbonyl (C=O) groups excluding carboxylic acids is 1. The summed E-state index contributed by atoms with van der Waals surface area (Å²) >= 11 is 0. The minimum absolute atomic E-state index is 0.181. The van der Waals surface area contributed by atoms with Gasteiger partial charge in [-0.2, -0.15) is 0 Å². The van der Waals surface area contributed by atoms with E-state index in [1.807, 2.05) is 32.0 Å². The molecule has 1 saturated carbocycles. The summed E-state index contributed by atoms with van der Waals surface area (Å²) in [4.78, 5) is 27.7. The topological polar surface area (TPSA) is 79.3 Å².